The van der Waals surface area contributed by atoms with Gasteiger partial charge in [0.25, 0.3) is 0 Å². The second kappa shape index (κ2) is 10.2. The molecular formula is C18H20BrN5O3S2. The molecule has 2 aromatic rings. The SMILES string of the molecule is CCC(=O)N(c1nnc(SCC(=O)NCC(=O)Nc2ccccc2Br)s1)C1CC1. The number of nitrogens with zero attached hydrogens (tertiary/aromatic N) is 3. The van der Waals surface area contributed by atoms with Crippen molar-refractivity contribution in [2.45, 2.75) is 36.6 Å². The summed E-state index contributed by atoms with van der Waals surface area (Å²) in [5.74, 6) is -0.444. The van der Waals surface area contributed by atoms with Crippen molar-refractivity contribution in [1.82, 2.24) is 15.5 Å². The van der Waals surface area contributed by atoms with Crippen molar-refractivity contribution in [1.29, 1.82) is 0 Å². The average Bonchev–Trinajstić information content (AvgIpc) is 3.43. The number of para-hydroxylation sites is 1. The van der Waals surface area contributed by atoms with Crippen LogP contribution >= 0.6 is 39.0 Å². The lowest BCUT2D eigenvalue weighted by molar-refractivity contribution is -0.122. The Balaban J connectivity index is 1.44. The second-order valence-electron chi connectivity index (χ2n) is 6.29. The Morgan fingerprint density at radius 3 is 2.69 bits per heavy atom. The topological polar surface area (TPSA) is 104 Å². The summed E-state index contributed by atoms with van der Waals surface area (Å²) in [7, 11) is 0. The number of benzene rings is 1. The minimum atomic E-state index is -0.313. The first kappa shape index (κ1) is 21.7. The molecule has 0 spiro atoms. The van der Waals surface area contributed by atoms with Gasteiger partial charge in [-0.2, -0.15) is 0 Å². The van der Waals surface area contributed by atoms with Gasteiger partial charge in [0.2, 0.25) is 22.9 Å². The van der Waals surface area contributed by atoms with E-state index in [9.17, 15) is 14.4 Å². The van der Waals surface area contributed by atoms with Gasteiger partial charge in [-0.05, 0) is 40.9 Å². The number of aromatic nitrogens is 2. The maximum atomic E-state index is 12.1. The summed E-state index contributed by atoms with van der Waals surface area (Å²) >= 11 is 5.89. The van der Waals surface area contributed by atoms with Crippen LogP contribution in [-0.2, 0) is 14.4 Å². The summed E-state index contributed by atoms with van der Waals surface area (Å²) in [5, 5.41) is 14.1. The van der Waals surface area contributed by atoms with E-state index >= 15 is 0 Å². The summed E-state index contributed by atoms with van der Waals surface area (Å²) in [6, 6.07) is 7.46. The van der Waals surface area contributed by atoms with E-state index in [0.717, 1.165) is 17.3 Å². The highest BCUT2D eigenvalue weighted by Gasteiger charge is 2.35. The molecule has 3 rings (SSSR count). The van der Waals surface area contributed by atoms with Crippen LogP contribution in [0.4, 0.5) is 10.8 Å². The molecule has 29 heavy (non-hydrogen) atoms. The highest BCUT2D eigenvalue weighted by molar-refractivity contribution is 9.10. The number of thioether (sulfide) groups is 1. The smallest absolute Gasteiger partial charge is 0.243 e. The first-order chi connectivity index (χ1) is 14.0. The van der Waals surface area contributed by atoms with E-state index in [0.29, 0.717) is 21.6 Å². The molecule has 0 radical (unpaired) electrons. The largest absolute Gasteiger partial charge is 0.346 e. The maximum absolute atomic E-state index is 12.1. The number of carbonyl (C=O) groups excluding carboxylic acids is 3. The number of nitrogens with one attached hydrogen (secondary N) is 2. The lowest BCUT2D eigenvalue weighted by atomic mass is 10.3. The van der Waals surface area contributed by atoms with Crippen LogP contribution in [0, 0.1) is 0 Å². The Hall–Kier alpha value is -1.98. The Morgan fingerprint density at radius 1 is 1.24 bits per heavy atom. The minimum absolute atomic E-state index is 0.0361. The molecule has 2 N–H and O–H groups in total. The molecule has 0 saturated heterocycles. The molecule has 1 saturated carbocycles. The van der Waals surface area contributed by atoms with Gasteiger partial charge in [-0.25, -0.2) is 0 Å². The second-order valence-corrected chi connectivity index (χ2v) is 9.33. The number of anilines is 2. The van der Waals surface area contributed by atoms with Crippen molar-refractivity contribution in [3.05, 3.63) is 28.7 Å². The number of amides is 3. The summed E-state index contributed by atoms with van der Waals surface area (Å²) in [6.45, 7) is 1.70. The van der Waals surface area contributed by atoms with Crippen LogP contribution in [-0.4, -0.2) is 46.3 Å². The molecule has 1 aliphatic carbocycles. The molecule has 1 fully saturated rings. The number of rotatable bonds is 9. The molecule has 0 aliphatic heterocycles. The molecule has 0 bridgehead atoms. The zero-order chi connectivity index (χ0) is 20.8. The number of hydrogen-bond acceptors (Lipinski definition) is 7. The van der Waals surface area contributed by atoms with Gasteiger partial charge in [0, 0.05) is 16.9 Å². The number of hydrogen-bond donors (Lipinski definition) is 2. The zero-order valence-electron chi connectivity index (χ0n) is 15.7. The van der Waals surface area contributed by atoms with E-state index in [1.807, 2.05) is 25.1 Å². The molecule has 11 heteroatoms. The van der Waals surface area contributed by atoms with E-state index in [4.69, 9.17) is 0 Å². The highest BCUT2D eigenvalue weighted by Crippen LogP contribution is 2.36. The molecule has 1 heterocycles. The van der Waals surface area contributed by atoms with Crippen molar-refractivity contribution in [2.75, 3.05) is 22.5 Å². The number of carbonyl (C=O) groups is 3. The monoisotopic (exact) mass is 497 g/mol. The molecule has 0 unspecified atom stereocenters. The molecule has 3 amide bonds. The van der Waals surface area contributed by atoms with E-state index in [-0.39, 0.29) is 36.1 Å². The Labute approximate surface area is 185 Å². The standard InChI is InChI=1S/C18H20BrN5O3S2/c1-2-16(27)24(11-7-8-11)17-22-23-18(29-17)28-10-15(26)20-9-14(25)21-13-6-4-3-5-12(13)19/h3-6,11H,2,7-10H2,1H3,(H,20,26)(H,21,25). The average molecular weight is 498 g/mol. The van der Waals surface area contributed by atoms with Crippen molar-refractivity contribution in [3.8, 4) is 0 Å². The third-order valence-corrected chi connectivity index (χ3v) is 6.75. The summed E-state index contributed by atoms with van der Waals surface area (Å²) in [6.07, 6.45) is 2.39. The first-order valence-corrected chi connectivity index (χ1v) is 11.7. The molecule has 8 nitrogen and oxygen atoms in total. The van der Waals surface area contributed by atoms with Crippen LogP contribution in [0.15, 0.2) is 33.1 Å². The molecule has 1 aromatic heterocycles. The van der Waals surface area contributed by atoms with Gasteiger partial charge in [-0.15, -0.1) is 10.2 Å². The summed E-state index contributed by atoms with van der Waals surface area (Å²) < 4.78 is 1.38. The Kier molecular flexibility index (Phi) is 7.62. The van der Waals surface area contributed by atoms with Crippen LogP contribution < -0.4 is 15.5 Å². The van der Waals surface area contributed by atoms with Crippen molar-refractivity contribution in [3.63, 3.8) is 0 Å². The van der Waals surface area contributed by atoms with Crippen LogP contribution in [0.3, 0.4) is 0 Å². The van der Waals surface area contributed by atoms with Crippen molar-refractivity contribution < 1.29 is 14.4 Å². The van der Waals surface area contributed by atoms with Crippen molar-refractivity contribution >= 4 is 67.6 Å². The lowest BCUT2D eigenvalue weighted by Gasteiger charge is -2.17. The third kappa shape index (κ3) is 6.25. The van der Waals surface area contributed by atoms with Crippen LogP contribution in [0.1, 0.15) is 26.2 Å². The van der Waals surface area contributed by atoms with E-state index < -0.39 is 0 Å². The van der Waals surface area contributed by atoms with E-state index in [2.05, 4.69) is 36.8 Å². The normalized spacial score (nSPS) is 13.0. The molecule has 1 aromatic carbocycles. The van der Waals surface area contributed by atoms with E-state index in [1.165, 1.54) is 23.1 Å². The zero-order valence-corrected chi connectivity index (χ0v) is 18.9. The quantitative estimate of drug-likeness (QED) is 0.407. The molecule has 1 aliphatic rings. The fourth-order valence-corrected chi connectivity index (χ4v) is 4.59. The maximum Gasteiger partial charge on any atom is 0.243 e. The van der Waals surface area contributed by atoms with Gasteiger partial charge < -0.3 is 10.6 Å². The van der Waals surface area contributed by atoms with Gasteiger partial charge in [-0.3, -0.25) is 19.3 Å². The minimum Gasteiger partial charge on any atom is -0.346 e. The summed E-state index contributed by atoms with van der Waals surface area (Å²) in [5.41, 5.74) is 0.643. The first-order valence-electron chi connectivity index (χ1n) is 9.07. The van der Waals surface area contributed by atoms with Gasteiger partial charge >= 0.3 is 0 Å². The predicted molar refractivity (Wildman–Crippen MR) is 117 cm³/mol. The predicted octanol–water partition coefficient (Wildman–Crippen LogP) is 3.05. The fraction of sp³-hybridized carbons (Fsp3) is 0.389. The van der Waals surface area contributed by atoms with E-state index in [1.54, 1.807) is 11.0 Å². The molecular weight excluding hydrogens is 478 g/mol. The van der Waals surface area contributed by atoms with Crippen molar-refractivity contribution in [2.24, 2.45) is 0 Å². The van der Waals surface area contributed by atoms with Crippen LogP contribution in [0.2, 0.25) is 0 Å². The summed E-state index contributed by atoms with van der Waals surface area (Å²) in [4.78, 5) is 37.8. The third-order valence-electron chi connectivity index (χ3n) is 4.01. The fourth-order valence-electron chi connectivity index (χ4n) is 2.44. The highest BCUT2D eigenvalue weighted by atomic mass is 79.9. The Bertz CT molecular complexity index is 903. The lowest BCUT2D eigenvalue weighted by Crippen LogP contribution is -2.33. The number of halogens is 1. The van der Waals surface area contributed by atoms with Gasteiger partial charge in [0.1, 0.15) is 0 Å². The van der Waals surface area contributed by atoms with Gasteiger partial charge in [0.05, 0.1) is 18.0 Å². The molecule has 0 atom stereocenters. The van der Waals surface area contributed by atoms with Gasteiger partial charge in [-0.1, -0.05) is 42.2 Å². The van der Waals surface area contributed by atoms with Crippen LogP contribution in [0.25, 0.3) is 0 Å². The molecule has 154 valence electrons. The Morgan fingerprint density at radius 2 is 2.00 bits per heavy atom. The van der Waals surface area contributed by atoms with Gasteiger partial charge in [0.15, 0.2) is 4.34 Å². The van der Waals surface area contributed by atoms with Crippen LogP contribution in [0.5, 0.6) is 0 Å².